The van der Waals surface area contributed by atoms with Gasteiger partial charge in [0.1, 0.15) is 11.6 Å². The Balaban J connectivity index is 1.40. The Labute approximate surface area is 157 Å². The van der Waals surface area contributed by atoms with Crippen LogP contribution in [0.1, 0.15) is 6.42 Å². The van der Waals surface area contributed by atoms with Gasteiger partial charge < -0.3 is 9.80 Å². The maximum atomic E-state index is 14.0. The number of carbonyl (C=O) groups is 1. The zero-order chi connectivity index (χ0) is 18.1. The van der Waals surface area contributed by atoms with Crippen molar-refractivity contribution in [2.45, 2.75) is 12.5 Å². The Hall–Kier alpha value is -2.18. The van der Waals surface area contributed by atoms with Crippen LogP contribution < -0.4 is 9.80 Å². The number of hydrogen-bond acceptors (Lipinski definition) is 4. The van der Waals surface area contributed by atoms with Gasteiger partial charge in [-0.05, 0) is 30.7 Å². The van der Waals surface area contributed by atoms with Crippen LogP contribution in [0.15, 0.2) is 42.6 Å². The van der Waals surface area contributed by atoms with Gasteiger partial charge in [-0.25, -0.2) is 9.37 Å². The van der Waals surface area contributed by atoms with Crippen LogP contribution in [-0.4, -0.2) is 54.6 Å². The standard InChI is InChI=1S/C19H20ClFN4O/c20-14-5-6-18(22-13-14)24-11-9-23(10-12-24)17-7-8-25(19(17)26)16-4-2-1-3-15(16)21/h1-6,13,17H,7-12H2. The van der Waals surface area contributed by atoms with E-state index in [1.807, 2.05) is 12.1 Å². The van der Waals surface area contributed by atoms with Gasteiger partial charge in [0.2, 0.25) is 5.91 Å². The molecule has 1 aromatic heterocycles. The molecule has 0 saturated carbocycles. The highest BCUT2D eigenvalue weighted by atomic mass is 35.5. The second-order valence-electron chi connectivity index (χ2n) is 6.60. The third kappa shape index (κ3) is 3.27. The van der Waals surface area contributed by atoms with Gasteiger partial charge in [0.25, 0.3) is 0 Å². The Morgan fingerprint density at radius 3 is 2.50 bits per heavy atom. The number of aromatic nitrogens is 1. The first kappa shape index (κ1) is 17.2. The number of halogens is 2. The summed E-state index contributed by atoms with van der Waals surface area (Å²) >= 11 is 5.89. The minimum absolute atomic E-state index is 0.00633. The predicted octanol–water partition coefficient (Wildman–Crippen LogP) is 2.80. The first-order valence-corrected chi connectivity index (χ1v) is 9.18. The molecule has 1 aromatic carbocycles. The minimum Gasteiger partial charge on any atom is -0.354 e. The van der Waals surface area contributed by atoms with Gasteiger partial charge in [0.05, 0.1) is 16.8 Å². The van der Waals surface area contributed by atoms with Crippen molar-refractivity contribution in [1.29, 1.82) is 0 Å². The molecule has 136 valence electrons. The maximum Gasteiger partial charge on any atom is 0.244 e. The number of rotatable bonds is 3. The van der Waals surface area contributed by atoms with Crippen molar-refractivity contribution in [1.82, 2.24) is 9.88 Å². The molecule has 0 N–H and O–H groups in total. The molecule has 0 aliphatic carbocycles. The minimum atomic E-state index is -0.347. The molecule has 3 heterocycles. The van der Waals surface area contributed by atoms with Crippen molar-refractivity contribution in [2.75, 3.05) is 42.5 Å². The topological polar surface area (TPSA) is 39.7 Å². The van der Waals surface area contributed by atoms with E-state index in [-0.39, 0.29) is 17.8 Å². The molecule has 1 amide bonds. The average Bonchev–Trinajstić information content (AvgIpc) is 3.04. The zero-order valence-corrected chi connectivity index (χ0v) is 15.1. The van der Waals surface area contributed by atoms with Crippen LogP contribution in [0.25, 0.3) is 0 Å². The summed E-state index contributed by atoms with van der Waals surface area (Å²) in [5.74, 6) is 0.549. The Kier molecular flexibility index (Phi) is 4.78. The molecule has 1 unspecified atom stereocenters. The third-order valence-electron chi connectivity index (χ3n) is 5.11. The summed E-state index contributed by atoms with van der Waals surface area (Å²) in [6, 6.07) is 10.0. The van der Waals surface area contributed by atoms with Crippen molar-refractivity contribution in [3.05, 3.63) is 53.4 Å². The van der Waals surface area contributed by atoms with Crippen molar-refractivity contribution in [2.24, 2.45) is 0 Å². The van der Waals surface area contributed by atoms with E-state index >= 15 is 0 Å². The monoisotopic (exact) mass is 374 g/mol. The van der Waals surface area contributed by atoms with Crippen LogP contribution in [0.3, 0.4) is 0 Å². The molecule has 0 spiro atoms. The normalized spacial score (nSPS) is 21.5. The van der Waals surface area contributed by atoms with Gasteiger partial charge in [0.15, 0.2) is 0 Å². The molecule has 5 nitrogen and oxygen atoms in total. The van der Waals surface area contributed by atoms with Crippen LogP contribution in [0.2, 0.25) is 5.02 Å². The predicted molar refractivity (Wildman–Crippen MR) is 100 cm³/mol. The number of anilines is 2. The molecule has 2 aliphatic heterocycles. The van der Waals surface area contributed by atoms with Gasteiger partial charge in [-0.2, -0.15) is 0 Å². The largest absolute Gasteiger partial charge is 0.354 e. The summed E-state index contributed by atoms with van der Waals surface area (Å²) in [4.78, 5) is 23.2. The molecule has 2 saturated heterocycles. The SMILES string of the molecule is O=C1C(N2CCN(c3ccc(Cl)cn3)CC2)CCN1c1ccccc1F. The van der Waals surface area contributed by atoms with E-state index in [2.05, 4.69) is 14.8 Å². The highest BCUT2D eigenvalue weighted by Gasteiger charge is 2.38. The lowest BCUT2D eigenvalue weighted by atomic mass is 10.1. The number of pyridine rings is 1. The van der Waals surface area contributed by atoms with E-state index in [0.717, 1.165) is 38.4 Å². The van der Waals surface area contributed by atoms with Crippen LogP contribution in [-0.2, 0) is 4.79 Å². The molecular weight excluding hydrogens is 355 g/mol. The van der Waals surface area contributed by atoms with E-state index in [4.69, 9.17) is 11.6 Å². The molecule has 4 rings (SSSR count). The number of piperazine rings is 1. The van der Waals surface area contributed by atoms with Crippen molar-refractivity contribution >= 4 is 29.0 Å². The van der Waals surface area contributed by atoms with E-state index < -0.39 is 0 Å². The molecule has 0 radical (unpaired) electrons. The molecule has 26 heavy (non-hydrogen) atoms. The van der Waals surface area contributed by atoms with Crippen LogP contribution in [0.5, 0.6) is 0 Å². The zero-order valence-electron chi connectivity index (χ0n) is 14.3. The highest BCUT2D eigenvalue weighted by Crippen LogP contribution is 2.27. The van der Waals surface area contributed by atoms with Crippen molar-refractivity contribution in [3.63, 3.8) is 0 Å². The molecule has 2 aromatic rings. The number of para-hydroxylation sites is 1. The summed E-state index contributed by atoms with van der Waals surface area (Å²) in [6.45, 7) is 3.73. The van der Waals surface area contributed by atoms with E-state index in [1.54, 1.807) is 29.3 Å². The van der Waals surface area contributed by atoms with Gasteiger partial charge in [-0.1, -0.05) is 23.7 Å². The molecule has 7 heteroatoms. The Morgan fingerprint density at radius 2 is 1.81 bits per heavy atom. The molecule has 0 bridgehead atoms. The van der Waals surface area contributed by atoms with Crippen LogP contribution in [0, 0.1) is 5.82 Å². The van der Waals surface area contributed by atoms with E-state index in [9.17, 15) is 9.18 Å². The van der Waals surface area contributed by atoms with Crippen LogP contribution in [0.4, 0.5) is 15.9 Å². The van der Waals surface area contributed by atoms with Gasteiger partial charge >= 0.3 is 0 Å². The fourth-order valence-electron chi connectivity index (χ4n) is 3.73. The Morgan fingerprint density at radius 1 is 1.04 bits per heavy atom. The second-order valence-corrected chi connectivity index (χ2v) is 7.04. The maximum absolute atomic E-state index is 14.0. The van der Waals surface area contributed by atoms with Gasteiger partial charge in [0, 0.05) is 38.9 Å². The quantitative estimate of drug-likeness (QED) is 0.828. The number of nitrogens with zero attached hydrogens (tertiary/aromatic N) is 4. The third-order valence-corrected chi connectivity index (χ3v) is 5.33. The lowest BCUT2D eigenvalue weighted by molar-refractivity contribution is -0.121. The molecular formula is C19H20ClFN4O. The van der Waals surface area contributed by atoms with Crippen LogP contribution >= 0.6 is 11.6 Å². The fraction of sp³-hybridized carbons (Fsp3) is 0.368. The number of amides is 1. The first-order valence-electron chi connectivity index (χ1n) is 8.80. The molecule has 2 fully saturated rings. The fourth-order valence-corrected chi connectivity index (χ4v) is 3.84. The molecule has 2 aliphatic rings. The number of carbonyl (C=O) groups excluding carboxylic acids is 1. The van der Waals surface area contributed by atoms with E-state index in [1.165, 1.54) is 6.07 Å². The number of benzene rings is 1. The second kappa shape index (κ2) is 7.21. The summed E-state index contributed by atoms with van der Waals surface area (Å²) in [6.07, 6.45) is 2.38. The lowest BCUT2D eigenvalue weighted by Crippen LogP contribution is -2.52. The van der Waals surface area contributed by atoms with Gasteiger partial charge in [-0.15, -0.1) is 0 Å². The van der Waals surface area contributed by atoms with Crippen molar-refractivity contribution in [3.8, 4) is 0 Å². The van der Waals surface area contributed by atoms with E-state index in [0.29, 0.717) is 17.3 Å². The lowest BCUT2D eigenvalue weighted by Gasteiger charge is -2.37. The summed E-state index contributed by atoms with van der Waals surface area (Å²) < 4.78 is 14.0. The average molecular weight is 375 g/mol. The highest BCUT2D eigenvalue weighted by molar-refractivity contribution is 6.30. The number of hydrogen-bond donors (Lipinski definition) is 0. The summed E-state index contributed by atoms with van der Waals surface area (Å²) in [7, 11) is 0. The summed E-state index contributed by atoms with van der Waals surface area (Å²) in [5, 5.41) is 0.622. The van der Waals surface area contributed by atoms with Gasteiger partial charge in [-0.3, -0.25) is 9.69 Å². The first-order chi connectivity index (χ1) is 12.6. The Bertz CT molecular complexity index is 792. The smallest absolute Gasteiger partial charge is 0.244 e. The van der Waals surface area contributed by atoms with Crippen molar-refractivity contribution < 1.29 is 9.18 Å². The molecule has 1 atom stereocenters. The summed E-state index contributed by atoms with van der Waals surface area (Å²) in [5.41, 5.74) is 0.379.